The molecule has 2 nitrogen and oxygen atoms in total. The maximum atomic E-state index is 13.2. The molecule has 0 saturated heterocycles. The van der Waals surface area contributed by atoms with Crippen LogP contribution in [0.3, 0.4) is 0 Å². The fourth-order valence-corrected chi connectivity index (χ4v) is 1.53. The molecule has 0 unspecified atom stereocenters. The van der Waals surface area contributed by atoms with Crippen LogP contribution >= 0.6 is 12.2 Å². The number of hydrogen-bond acceptors (Lipinski definition) is 2. The summed E-state index contributed by atoms with van der Waals surface area (Å²) >= 11 is 4.93. The Labute approximate surface area is 111 Å². The molecule has 0 atom stereocenters. The van der Waals surface area contributed by atoms with Gasteiger partial charge in [0, 0.05) is 5.41 Å². The van der Waals surface area contributed by atoms with Crippen molar-refractivity contribution in [2.75, 3.05) is 6.61 Å². The van der Waals surface area contributed by atoms with Gasteiger partial charge in [0.05, 0.1) is 11.6 Å². The fraction of sp³-hybridized carbons (Fsp3) is 0.462. The van der Waals surface area contributed by atoms with Crippen molar-refractivity contribution in [3.63, 3.8) is 0 Å². The number of rotatable bonds is 6. The van der Waals surface area contributed by atoms with Crippen molar-refractivity contribution in [2.24, 2.45) is 11.1 Å². The molecule has 100 valence electrons. The van der Waals surface area contributed by atoms with Crippen LogP contribution in [-0.2, 0) is 0 Å². The van der Waals surface area contributed by atoms with Crippen LogP contribution in [0.15, 0.2) is 18.2 Å². The molecule has 0 fully saturated rings. The molecule has 18 heavy (non-hydrogen) atoms. The predicted molar refractivity (Wildman–Crippen MR) is 71.7 cm³/mol. The van der Waals surface area contributed by atoms with Gasteiger partial charge in [-0.15, -0.1) is 0 Å². The Bertz CT molecular complexity index is 415. The second-order valence-corrected chi connectivity index (χ2v) is 5.19. The monoisotopic (exact) mass is 273 g/mol. The van der Waals surface area contributed by atoms with Gasteiger partial charge < -0.3 is 10.5 Å². The molecule has 0 radical (unpaired) electrons. The molecule has 1 rings (SSSR count). The normalized spacial score (nSPS) is 11.3. The number of nitrogens with two attached hydrogens (primary N) is 1. The van der Waals surface area contributed by atoms with Crippen LogP contribution in [-0.4, -0.2) is 11.6 Å². The zero-order chi connectivity index (χ0) is 13.8. The van der Waals surface area contributed by atoms with Gasteiger partial charge in [-0.25, -0.2) is 8.78 Å². The quantitative estimate of drug-likeness (QED) is 0.637. The summed E-state index contributed by atoms with van der Waals surface area (Å²) in [6, 6.07) is 3.63. The van der Waals surface area contributed by atoms with Crippen LogP contribution in [0.5, 0.6) is 5.75 Å². The standard InChI is InChI=1S/C13H17F2NOS/c1-13(2,12(16)18)7-4-8-17-11-9(14)5-3-6-10(11)15/h3,5-6H,4,7-8H2,1-2H3,(H2,16,18). The van der Waals surface area contributed by atoms with Gasteiger partial charge in [-0.3, -0.25) is 0 Å². The van der Waals surface area contributed by atoms with Gasteiger partial charge in [-0.1, -0.05) is 32.1 Å². The van der Waals surface area contributed by atoms with Gasteiger partial charge in [0.1, 0.15) is 0 Å². The van der Waals surface area contributed by atoms with Crippen LogP contribution in [0.1, 0.15) is 26.7 Å². The molecule has 0 aromatic heterocycles. The molecule has 0 spiro atoms. The van der Waals surface area contributed by atoms with E-state index >= 15 is 0 Å². The third-order valence-corrected chi connectivity index (χ3v) is 3.33. The molecule has 0 aliphatic rings. The summed E-state index contributed by atoms with van der Waals surface area (Å²) in [5, 5.41) is 0. The van der Waals surface area contributed by atoms with Crippen LogP contribution in [0.2, 0.25) is 0 Å². The lowest BCUT2D eigenvalue weighted by Gasteiger charge is -2.22. The van der Waals surface area contributed by atoms with E-state index in [1.807, 2.05) is 13.8 Å². The Hall–Kier alpha value is -1.23. The van der Waals surface area contributed by atoms with Gasteiger partial charge in [-0.05, 0) is 25.0 Å². The molecule has 0 bridgehead atoms. The van der Waals surface area contributed by atoms with Crippen LogP contribution < -0.4 is 10.5 Å². The summed E-state index contributed by atoms with van der Waals surface area (Å²) in [4.78, 5) is 0.430. The summed E-state index contributed by atoms with van der Waals surface area (Å²) in [6.45, 7) is 4.09. The molecule has 0 aliphatic heterocycles. The first kappa shape index (κ1) is 14.8. The van der Waals surface area contributed by atoms with E-state index in [-0.39, 0.29) is 17.8 Å². The lowest BCUT2D eigenvalue weighted by molar-refractivity contribution is 0.263. The third kappa shape index (κ3) is 3.91. The van der Waals surface area contributed by atoms with E-state index in [1.54, 1.807) is 0 Å². The van der Waals surface area contributed by atoms with E-state index < -0.39 is 11.6 Å². The highest BCUT2D eigenvalue weighted by molar-refractivity contribution is 7.80. The maximum Gasteiger partial charge on any atom is 0.190 e. The van der Waals surface area contributed by atoms with Gasteiger partial charge in [0.15, 0.2) is 17.4 Å². The van der Waals surface area contributed by atoms with Crippen molar-refractivity contribution in [1.82, 2.24) is 0 Å². The van der Waals surface area contributed by atoms with E-state index in [2.05, 4.69) is 0 Å². The summed E-state index contributed by atoms with van der Waals surface area (Å²) in [6.07, 6.45) is 1.33. The first-order valence-corrected chi connectivity index (χ1v) is 6.12. The summed E-state index contributed by atoms with van der Waals surface area (Å²) < 4.78 is 31.6. The number of benzene rings is 1. The highest BCUT2D eigenvalue weighted by Gasteiger charge is 2.20. The van der Waals surface area contributed by atoms with Gasteiger partial charge in [-0.2, -0.15) is 0 Å². The molecule has 0 amide bonds. The van der Waals surface area contributed by atoms with Crippen LogP contribution in [0.25, 0.3) is 0 Å². The lowest BCUT2D eigenvalue weighted by Crippen LogP contribution is -2.30. The first-order chi connectivity index (χ1) is 8.34. The van der Waals surface area contributed by atoms with Crippen molar-refractivity contribution < 1.29 is 13.5 Å². The Morgan fingerprint density at radius 3 is 2.39 bits per heavy atom. The van der Waals surface area contributed by atoms with Crippen molar-refractivity contribution in [1.29, 1.82) is 0 Å². The second kappa shape index (κ2) is 6.09. The van der Waals surface area contributed by atoms with E-state index in [9.17, 15) is 8.78 Å². The Balaban J connectivity index is 2.46. The topological polar surface area (TPSA) is 35.2 Å². The molecular formula is C13H17F2NOS. The molecule has 1 aromatic rings. The number of para-hydroxylation sites is 1. The molecule has 0 aliphatic carbocycles. The minimum absolute atomic E-state index is 0.226. The molecule has 0 heterocycles. The zero-order valence-electron chi connectivity index (χ0n) is 10.5. The number of hydrogen-bond donors (Lipinski definition) is 1. The lowest BCUT2D eigenvalue weighted by atomic mass is 9.88. The van der Waals surface area contributed by atoms with E-state index in [1.165, 1.54) is 6.07 Å². The van der Waals surface area contributed by atoms with E-state index in [0.717, 1.165) is 12.1 Å². The van der Waals surface area contributed by atoms with Gasteiger partial charge in [0.25, 0.3) is 0 Å². The zero-order valence-corrected chi connectivity index (χ0v) is 11.3. The summed E-state index contributed by atoms with van der Waals surface area (Å²) in [7, 11) is 0. The SMILES string of the molecule is CC(C)(CCCOc1c(F)cccc1F)C(N)=S. The Morgan fingerprint density at radius 2 is 1.89 bits per heavy atom. The molecule has 1 aromatic carbocycles. The van der Waals surface area contributed by atoms with Crippen LogP contribution in [0.4, 0.5) is 8.78 Å². The van der Waals surface area contributed by atoms with Crippen molar-refractivity contribution >= 4 is 17.2 Å². The minimum Gasteiger partial charge on any atom is -0.488 e. The Kier molecular flexibility index (Phi) is 5.02. The average Bonchev–Trinajstić information content (AvgIpc) is 2.27. The Morgan fingerprint density at radius 1 is 1.33 bits per heavy atom. The van der Waals surface area contributed by atoms with Crippen molar-refractivity contribution in [2.45, 2.75) is 26.7 Å². The fourth-order valence-electron chi connectivity index (χ4n) is 1.43. The number of halogens is 2. The smallest absolute Gasteiger partial charge is 0.190 e. The van der Waals surface area contributed by atoms with E-state index in [0.29, 0.717) is 17.8 Å². The molecule has 0 saturated carbocycles. The average molecular weight is 273 g/mol. The minimum atomic E-state index is -0.691. The summed E-state index contributed by atoms with van der Waals surface area (Å²) in [5.41, 5.74) is 5.31. The van der Waals surface area contributed by atoms with Crippen molar-refractivity contribution in [3.05, 3.63) is 29.8 Å². The predicted octanol–water partition coefficient (Wildman–Crippen LogP) is 3.44. The van der Waals surface area contributed by atoms with E-state index in [4.69, 9.17) is 22.7 Å². The van der Waals surface area contributed by atoms with Gasteiger partial charge >= 0.3 is 0 Å². The second-order valence-electron chi connectivity index (χ2n) is 4.75. The van der Waals surface area contributed by atoms with Crippen molar-refractivity contribution in [3.8, 4) is 5.75 Å². The molecule has 2 N–H and O–H groups in total. The van der Waals surface area contributed by atoms with Gasteiger partial charge in [0.2, 0.25) is 0 Å². The third-order valence-electron chi connectivity index (χ3n) is 2.78. The molecule has 5 heteroatoms. The largest absolute Gasteiger partial charge is 0.488 e. The molecular weight excluding hydrogens is 256 g/mol. The number of ether oxygens (including phenoxy) is 1. The highest BCUT2D eigenvalue weighted by Crippen LogP contribution is 2.24. The number of thiocarbonyl (C=S) groups is 1. The summed E-state index contributed by atoms with van der Waals surface area (Å²) in [5.74, 6) is -1.71. The first-order valence-electron chi connectivity index (χ1n) is 5.71. The maximum absolute atomic E-state index is 13.2. The highest BCUT2D eigenvalue weighted by atomic mass is 32.1. The van der Waals surface area contributed by atoms with Crippen LogP contribution in [0, 0.1) is 17.0 Å².